The van der Waals surface area contributed by atoms with Crippen LogP contribution in [0.25, 0.3) is 0 Å². The van der Waals surface area contributed by atoms with Crippen LogP contribution in [0.1, 0.15) is 33.1 Å². The van der Waals surface area contributed by atoms with Crippen molar-refractivity contribution in [3.05, 3.63) is 12.2 Å². The highest BCUT2D eigenvalue weighted by Crippen LogP contribution is 2.26. The van der Waals surface area contributed by atoms with E-state index in [2.05, 4.69) is 25.3 Å². The summed E-state index contributed by atoms with van der Waals surface area (Å²) < 4.78 is 0. The second-order valence-electron chi connectivity index (χ2n) is 4.04. The van der Waals surface area contributed by atoms with Gasteiger partial charge in [0.2, 0.25) is 0 Å². The Kier molecular flexibility index (Phi) is 4.27. The standard InChI is InChI=1S/C11H20ClN/c1-4-11-6-5-10(3)13(11)8-9(2)7-12/h10-11H,2,4-8H2,1,3H3. The molecule has 13 heavy (non-hydrogen) atoms. The zero-order valence-electron chi connectivity index (χ0n) is 8.72. The number of rotatable bonds is 4. The van der Waals surface area contributed by atoms with E-state index in [1.165, 1.54) is 19.3 Å². The van der Waals surface area contributed by atoms with Gasteiger partial charge in [-0.05, 0) is 31.8 Å². The summed E-state index contributed by atoms with van der Waals surface area (Å²) in [7, 11) is 0. The molecule has 0 bridgehead atoms. The third-order valence-electron chi connectivity index (χ3n) is 3.02. The third-order valence-corrected chi connectivity index (χ3v) is 3.40. The topological polar surface area (TPSA) is 3.24 Å². The molecule has 1 rings (SSSR count). The molecule has 1 aliphatic heterocycles. The quantitative estimate of drug-likeness (QED) is 0.499. The van der Waals surface area contributed by atoms with Crippen molar-refractivity contribution < 1.29 is 0 Å². The van der Waals surface area contributed by atoms with Gasteiger partial charge in [-0.3, -0.25) is 4.90 Å². The predicted molar refractivity (Wildman–Crippen MR) is 59.3 cm³/mol. The maximum atomic E-state index is 5.74. The summed E-state index contributed by atoms with van der Waals surface area (Å²) in [6.07, 6.45) is 3.92. The molecule has 1 nitrogen and oxygen atoms in total. The average molecular weight is 202 g/mol. The number of nitrogens with zero attached hydrogens (tertiary/aromatic N) is 1. The Morgan fingerprint density at radius 2 is 2.23 bits per heavy atom. The molecule has 2 atom stereocenters. The molecular formula is C11H20ClN. The molecule has 0 spiro atoms. The van der Waals surface area contributed by atoms with E-state index in [0.717, 1.165) is 18.2 Å². The highest BCUT2D eigenvalue weighted by molar-refractivity contribution is 6.19. The zero-order chi connectivity index (χ0) is 9.84. The monoisotopic (exact) mass is 201 g/mol. The third kappa shape index (κ3) is 2.72. The molecule has 1 fully saturated rings. The fourth-order valence-electron chi connectivity index (χ4n) is 2.15. The second kappa shape index (κ2) is 5.02. The molecule has 0 aromatic heterocycles. The van der Waals surface area contributed by atoms with Crippen LogP contribution in [0.3, 0.4) is 0 Å². The molecule has 0 amide bonds. The molecule has 76 valence electrons. The van der Waals surface area contributed by atoms with Crippen LogP contribution >= 0.6 is 11.6 Å². The van der Waals surface area contributed by atoms with Crippen LogP contribution in [0.4, 0.5) is 0 Å². The minimum absolute atomic E-state index is 0.597. The van der Waals surface area contributed by atoms with Gasteiger partial charge in [0.15, 0.2) is 0 Å². The van der Waals surface area contributed by atoms with Crippen LogP contribution in [-0.4, -0.2) is 29.4 Å². The summed E-state index contributed by atoms with van der Waals surface area (Å²) in [4.78, 5) is 2.55. The molecule has 0 aliphatic carbocycles. The Morgan fingerprint density at radius 3 is 2.77 bits per heavy atom. The molecular weight excluding hydrogens is 182 g/mol. The van der Waals surface area contributed by atoms with E-state index in [1.54, 1.807) is 0 Å². The molecule has 0 radical (unpaired) electrons. The van der Waals surface area contributed by atoms with Crippen LogP contribution in [0, 0.1) is 0 Å². The maximum absolute atomic E-state index is 5.74. The van der Waals surface area contributed by atoms with Gasteiger partial charge in [0.05, 0.1) is 0 Å². The van der Waals surface area contributed by atoms with Gasteiger partial charge < -0.3 is 0 Å². The van der Waals surface area contributed by atoms with Gasteiger partial charge in [-0.2, -0.15) is 0 Å². The molecule has 0 N–H and O–H groups in total. The highest BCUT2D eigenvalue weighted by Gasteiger charge is 2.28. The normalized spacial score (nSPS) is 29.5. The number of halogens is 1. The minimum atomic E-state index is 0.597. The summed E-state index contributed by atoms with van der Waals surface area (Å²) in [6.45, 7) is 9.52. The largest absolute Gasteiger partial charge is 0.294 e. The van der Waals surface area contributed by atoms with Gasteiger partial charge in [-0.1, -0.05) is 13.5 Å². The Labute approximate surface area is 86.8 Å². The van der Waals surface area contributed by atoms with Crippen LogP contribution < -0.4 is 0 Å². The lowest BCUT2D eigenvalue weighted by atomic mass is 10.1. The zero-order valence-corrected chi connectivity index (χ0v) is 9.48. The van der Waals surface area contributed by atoms with Gasteiger partial charge in [0.25, 0.3) is 0 Å². The van der Waals surface area contributed by atoms with Crippen molar-refractivity contribution in [1.29, 1.82) is 0 Å². The van der Waals surface area contributed by atoms with Gasteiger partial charge in [-0.15, -0.1) is 11.6 Å². The van der Waals surface area contributed by atoms with Crippen LogP contribution in [0.2, 0.25) is 0 Å². The molecule has 2 heteroatoms. The van der Waals surface area contributed by atoms with E-state index < -0.39 is 0 Å². The number of alkyl halides is 1. The van der Waals surface area contributed by atoms with Crippen molar-refractivity contribution in [2.24, 2.45) is 0 Å². The lowest BCUT2D eigenvalue weighted by Crippen LogP contribution is -2.35. The fraction of sp³-hybridized carbons (Fsp3) is 0.818. The molecule has 1 aliphatic rings. The van der Waals surface area contributed by atoms with E-state index in [4.69, 9.17) is 11.6 Å². The molecule has 0 aromatic carbocycles. The predicted octanol–water partition coefficient (Wildman–Crippen LogP) is 3.04. The van der Waals surface area contributed by atoms with E-state index in [-0.39, 0.29) is 0 Å². The number of likely N-dealkylation sites (tertiary alicyclic amines) is 1. The van der Waals surface area contributed by atoms with Crippen LogP contribution in [-0.2, 0) is 0 Å². The summed E-state index contributed by atoms with van der Waals surface area (Å²) in [5, 5.41) is 0. The summed E-state index contributed by atoms with van der Waals surface area (Å²) in [5.41, 5.74) is 1.15. The molecule has 0 saturated carbocycles. The van der Waals surface area contributed by atoms with Gasteiger partial charge in [0.1, 0.15) is 0 Å². The molecule has 1 heterocycles. The highest BCUT2D eigenvalue weighted by atomic mass is 35.5. The van der Waals surface area contributed by atoms with Crippen molar-refractivity contribution in [3.63, 3.8) is 0 Å². The smallest absolute Gasteiger partial charge is 0.0443 e. The lowest BCUT2D eigenvalue weighted by Gasteiger charge is -2.28. The fourth-order valence-corrected chi connectivity index (χ4v) is 2.23. The Balaban J connectivity index is 2.49. The first-order chi connectivity index (χ1) is 6.19. The van der Waals surface area contributed by atoms with E-state index in [9.17, 15) is 0 Å². The average Bonchev–Trinajstić information content (AvgIpc) is 2.48. The Morgan fingerprint density at radius 1 is 1.54 bits per heavy atom. The van der Waals surface area contributed by atoms with E-state index in [1.807, 2.05) is 0 Å². The SMILES string of the molecule is C=C(CCl)CN1C(C)CCC1CC. The lowest BCUT2D eigenvalue weighted by molar-refractivity contribution is 0.217. The maximum Gasteiger partial charge on any atom is 0.0443 e. The first-order valence-corrected chi connectivity index (χ1v) is 5.70. The van der Waals surface area contributed by atoms with Crippen molar-refractivity contribution in [2.45, 2.75) is 45.2 Å². The molecule has 1 saturated heterocycles. The molecule has 0 aromatic rings. The first-order valence-electron chi connectivity index (χ1n) is 5.17. The first kappa shape index (κ1) is 11.1. The minimum Gasteiger partial charge on any atom is -0.294 e. The van der Waals surface area contributed by atoms with Crippen molar-refractivity contribution >= 4 is 11.6 Å². The second-order valence-corrected chi connectivity index (χ2v) is 4.31. The van der Waals surface area contributed by atoms with Crippen molar-refractivity contribution in [1.82, 2.24) is 4.90 Å². The summed E-state index contributed by atoms with van der Waals surface area (Å²) in [5.74, 6) is 0.597. The van der Waals surface area contributed by atoms with Gasteiger partial charge >= 0.3 is 0 Å². The van der Waals surface area contributed by atoms with Gasteiger partial charge in [-0.25, -0.2) is 0 Å². The van der Waals surface area contributed by atoms with Crippen LogP contribution in [0.5, 0.6) is 0 Å². The van der Waals surface area contributed by atoms with E-state index >= 15 is 0 Å². The Hall–Kier alpha value is -0.0100. The number of hydrogen-bond acceptors (Lipinski definition) is 1. The van der Waals surface area contributed by atoms with Gasteiger partial charge in [0, 0.05) is 24.5 Å². The Bertz CT molecular complexity index is 179. The van der Waals surface area contributed by atoms with Crippen molar-refractivity contribution in [2.75, 3.05) is 12.4 Å². The summed E-state index contributed by atoms with van der Waals surface area (Å²) in [6, 6.07) is 1.47. The van der Waals surface area contributed by atoms with Crippen LogP contribution in [0.15, 0.2) is 12.2 Å². The summed E-state index contributed by atoms with van der Waals surface area (Å²) >= 11 is 5.74. The van der Waals surface area contributed by atoms with E-state index in [0.29, 0.717) is 11.9 Å². The molecule has 2 unspecified atom stereocenters. The van der Waals surface area contributed by atoms with Crippen molar-refractivity contribution in [3.8, 4) is 0 Å². The number of hydrogen-bond donors (Lipinski definition) is 0.